The lowest BCUT2D eigenvalue weighted by Crippen LogP contribution is -2.27. The molecule has 0 spiro atoms. The molecule has 0 heterocycles. The van der Waals surface area contributed by atoms with E-state index in [9.17, 15) is 4.79 Å². The Bertz CT molecular complexity index is 158. The molecule has 1 aliphatic rings. The van der Waals surface area contributed by atoms with Gasteiger partial charge in [-0.3, -0.25) is 4.79 Å². The van der Waals surface area contributed by atoms with Gasteiger partial charge in [0.25, 0.3) is 0 Å². The van der Waals surface area contributed by atoms with Crippen LogP contribution in [-0.2, 0) is 4.79 Å². The van der Waals surface area contributed by atoms with Gasteiger partial charge in [0.1, 0.15) is 0 Å². The fourth-order valence-corrected chi connectivity index (χ4v) is 1.07. The normalized spacial score (nSPS) is 18.2. The average molecular weight is 178 g/mol. The first kappa shape index (κ1) is 10.4. The first-order valence-corrected chi connectivity index (χ1v) is 3.38. The monoisotopic (exact) mass is 177 g/mol. The Kier molecular flexibility index (Phi) is 4.03. The predicted octanol–water partition coefficient (Wildman–Crippen LogP) is 0.951. The number of carbonyl (C=O) groups is 1. The maximum absolute atomic E-state index is 10.6. The van der Waals surface area contributed by atoms with Crippen LogP contribution in [0, 0.1) is 17.4 Å². The van der Waals surface area contributed by atoms with Crippen LogP contribution in [0.4, 0.5) is 0 Å². The van der Waals surface area contributed by atoms with Crippen molar-refractivity contribution in [3.8, 4) is 0 Å². The third kappa shape index (κ3) is 2.84. The van der Waals surface area contributed by atoms with Crippen molar-refractivity contribution in [2.75, 3.05) is 6.54 Å². The van der Waals surface area contributed by atoms with Crippen LogP contribution >= 0.6 is 12.4 Å². The minimum atomic E-state index is -0.307. The van der Waals surface area contributed by atoms with Gasteiger partial charge >= 0.3 is 0 Å². The number of amides is 1. The maximum atomic E-state index is 10.6. The van der Waals surface area contributed by atoms with Crippen molar-refractivity contribution in [3.05, 3.63) is 0 Å². The number of nitrogens with one attached hydrogen (secondary N) is 1. The molecule has 0 aromatic rings. The summed E-state index contributed by atoms with van der Waals surface area (Å²) in [4.78, 5) is 10.6. The molecular formula is C6H12ClN3O. The number of halogens is 1. The van der Waals surface area contributed by atoms with Crippen LogP contribution in [0.3, 0.4) is 0 Å². The van der Waals surface area contributed by atoms with E-state index in [1.54, 1.807) is 0 Å². The number of carbonyl (C=O) groups excluding carboxylic acids is 1. The highest BCUT2D eigenvalue weighted by molar-refractivity contribution is 5.85. The molecule has 4 nitrogen and oxygen atoms in total. The van der Waals surface area contributed by atoms with E-state index in [0.717, 1.165) is 12.8 Å². The molecule has 1 atom stereocenters. The Morgan fingerprint density at radius 2 is 2.27 bits per heavy atom. The van der Waals surface area contributed by atoms with Crippen LogP contribution in [0.5, 0.6) is 0 Å². The Labute approximate surface area is 71.4 Å². The van der Waals surface area contributed by atoms with Crippen molar-refractivity contribution in [1.82, 2.24) is 0 Å². The summed E-state index contributed by atoms with van der Waals surface area (Å²) >= 11 is 0. The molecule has 1 aliphatic carbocycles. The number of rotatable bonds is 4. The Morgan fingerprint density at radius 3 is 2.55 bits per heavy atom. The standard InChI is InChI=1S/C6H11N3O.ClH/c7-6(10)5(3-9-8)4-1-2-4;/h4-5,8H,1-3H2,(H2,7,10);1H. The molecule has 1 fully saturated rings. The highest BCUT2D eigenvalue weighted by Crippen LogP contribution is 2.36. The van der Waals surface area contributed by atoms with Crippen LogP contribution in [0.2, 0.25) is 0 Å². The maximum Gasteiger partial charge on any atom is 0.222 e. The van der Waals surface area contributed by atoms with Crippen molar-refractivity contribution >= 4 is 18.3 Å². The summed E-state index contributed by atoms with van der Waals surface area (Å²) in [7, 11) is 0. The van der Waals surface area contributed by atoms with E-state index < -0.39 is 0 Å². The summed E-state index contributed by atoms with van der Waals surface area (Å²) in [5.74, 6) is -0.0531. The Balaban J connectivity index is 0.000001000. The van der Waals surface area contributed by atoms with E-state index in [2.05, 4.69) is 5.11 Å². The van der Waals surface area contributed by atoms with Gasteiger partial charge < -0.3 is 5.73 Å². The van der Waals surface area contributed by atoms with Gasteiger partial charge in [-0.05, 0) is 18.8 Å². The molecule has 1 rings (SSSR count). The topological polar surface area (TPSA) is 79.3 Å². The Morgan fingerprint density at radius 1 is 1.73 bits per heavy atom. The molecule has 0 radical (unpaired) electrons. The molecule has 1 unspecified atom stereocenters. The lowest BCUT2D eigenvalue weighted by molar-refractivity contribution is -0.122. The molecule has 1 amide bonds. The Hall–Kier alpha value is -0.640. The zero-order chi connectivity index (χ0) is 7.56. The van der Waals surface area contributed by atoms with Gasteiger partial charge in [0.05, 0.1) is 12.5 Å². The summed E-state index contributed by atoms with van der Waals surface area (Å²) < 4.78 is 0. The van der Waals surface area contributed by atoms with Crippen molar-refractivity contribution in [2.45, 2.75) is 12.8 Å². The van der Waals surface area contributed by atoms with Crippen LogP contribution in [0.1, 0.15) is 12.8 Å². The largest absolute Gasteiger partial charge is 0.369 e. The highest BCUT2D eigenvalue weighted by atomic mass is 35.5. The predicted molar refractivity (Wildman–Crippen MR) is 42.7 cm³/mol. The summed E-state index contributed by atoms with van der Waals surface area (Å²) in [5.41, 5.74) is 11.6. The third-order valence-corrected chi connectivity index (χ3v) is 1.84. The zero-order valence-corrected chi connectivity index (χ0v) is 6.93. The van der Waals surface area contributed by atoms with Gasteiger partial charge in [0.2, 0.25) is 5.91 Å². The van der Waals surface area contributed by atoms with Crippen LogP contribution in [0.25, 0.3) is 0 Å². The molecule has 0 saturated heterocycles. The molecule has 0 aromatic heterocycles. The van der Waals surface area contributed by atoms with Crippen molar-refractivity contribution in [2.24, 2.45) is 22.7 Å². The molecule has 5 heteroatoms. The lowest BCUT2D eigenvalue weighted by Gasteiger charge is -2.05. The van der Waals surface area contributed by atoms with Crippen molar-refractivity contribution < 1.29 is 4.79 Å². The number of hydrogen-bond acceptors (Lipinski definition) is 3. The van der Waals surface area contributed by atoms with E-state index in [4.69, 9.17) is 11.3 Å². The quantitative estimate of drug-likeness (QED) is 0.616. The number of nitrogens with zero attached hydrogens (tertiary/aromatic N) is 1. The second-order valence-electron chi connectivity index (χ2n) is 2.69. The average Bonchev–Trinajstić information content (AvgIpc) is 2.63. The van der Waals surface area contributed by atoms with Gasteiger partial charge in [-0.1, -0.05) is 0 Å². The minimum absolute atomic E-state index is 0. The summed E-state index contributed by atoms with van der Waals surface area (Å²) in [5, 5.41) is 3.17. The smallest absolute Gasteiger partial charge is 0.222 e. The minimum Gasteiger partial charge on any atom is -0.369 e. The lowest BCUT2D eigenvalue weighted by atomic mass is 10.0. The van der Waals surface area contributed by atoms with Gasteiger partial charge in [0.15, 0.2) is 0 Å². The summed E-state index contributed by atoms with van der Waals surface area (Å²) in [6.07, 6.45) is 2.15. The molecular weight excluding hydrogens is 166 g/mol. The van der Waals surface area contributed by atoms with Crippen LogP contribution in [-0.4, -0.2) is 12.5 Å². The molecule has 0 bridgehead atoms. The van der Waals surface area contributed by atoms with E-state index in [1.165, 1.54) is 0 Å². The molecule has 64 valence electrons. The molecule has 11 heavy (non-hydrogen) atoms. The second kappa shape index (κ2) is 4.28. The fourth-order valence-electron chi connectivity index (χ4n) is 1.07. The molecule has 0 aliphatic heterocycles. The van der Waals surface area contributed by atoms with E-state index in [-0.39, 0.29) is 30.8 Å². The first-order chi connectivity index (χ1) is 4.75. The first-order valence-electron chi connectivity index (χ1n) is 3.38. The van der Waals surface area contributed by atoms with Crippen molar-refractivity contribution in [1.29, 1.82) is 5.53 Å². The van der Waals surface area contributed by atoms with E-state index in [1.807, 2.05) is 0 Å². The SMILES string of the molecule is Cl.N=NCC(C(N)=O)C1CC1. The van der Waals surface area contributed by atoms with Crippen LogP contribution < -0.4 is 5.73 Å². The summed E-state index contributed by atoms with van der Waals surface area (Å²) in [6, 6.07) is 0. The van der Waals surface area contributed by atoms with E-state index >= 15 is 0 Å². The number of hydrogen-bond donors (Lipinski definition) is 2. The van der Waals surface area contributed by atoms with Crippen LogP contribution in [0.15, 0.2) is 5.11 Å². The third-order valence-electron chi connectivity index (χ3n) is 1.84. The molecule has 3 N–H and O–H groups in total. The van der Waals surface area contributed by atoms with E-state index in [0.29, 0.717) is 5.92 Å². The van der Waals surface area contributed by atoms with Gasteiger partial charge in [-0.2, -0.15) is 5.11 Å². The zero-order valence-electron chi connectivity index (χ0n) is 6.12. The van der Waals surface area contributed by atoms with Gasteiger partial charge in [-0.15, -0.1) is 12.4 Å². The molecule has 1 saturated carbocycles. The van der Waals surface area contributed by atoms with Crippen molar-refractivity contribution in [3.63, 3.8) is 0 Å². The van der Waals surface area contributed by atoms with Gasteiger partial charge in [0, 0.05) is 0 Å². The summed E-state index contributed by atoms with van der Waals surface area (Å²) in [6.45, 7) is 0.278. The number of nitrogens with two attached hydrogens (primary N) is 1. The number of primary amides is 1. The fraction of sp³-hybridized carbons (Fsp3) is 0.833. The van der Waals surface area contributed by atoms with Gasteiger partial charge in [-0.25, -0.2) is 5.53 Å². The second-order valence-corrected chi connectivity index (χ2v) is 2.69. The highest BCUT2D eigenvalue weighted by Gasteiger charge is 2.34. The molecule has 0 aromatic carbocycles.